The zero-order valence-corrected chi connectivity index (χ0v) is 22.6. The summed E-state index contributed by atoms with van der Waals surface area (Å²) in [4.78, 5) is 28.9. The van der Waals surface area contributed by atoms with Gasteiger partial charge in [0.25, 0.3) is 11.5 Å². The zero-order valence-electron chi connectivity index (χ0n) is 22.6. The van der Waals surface area contributed by atoms with Gasteiger partial charge in [-0.1, -0.05) is 0 Å². The first-order valence-corrected chi connectivity index (χ1v) is 12.5. The van der Waals surface area contributed by atoms with Gasteiger partial charge in [0.05, 0.1) is 35.8 Å². The van der Waals surface area contributed by atoms with E-state index in [1.807, 2.05) is 5.32 Å². The quantitative estimate of drug-likeness (QED) is 0.324. The third-order valence-electron chi connectivity index (χ3n) is 6.90. The van der Waals surface area contributed by atoms with Crippen molar-refractivity contribution in [1.82, 2.24) is 24.8 Å². The van der Waals surface area contributed by atoms with Crippen LogP contribution in [0.2, 0.25) is 0 Å². The maximum absolute atomic E-state index is 14.8. The lowest BCUT2D eigenvalue weighted by atomic mass is 9.97. The molecule has 1 aromatic carbocycles. The topological polar surface area (TPSA) is 135 Å². The molecule has 1 aliphatic rings. The summed E-state index contributed by atoms with van der Waals surface area (Å²) >= 11 is 0. The SMILES string of the molecule is Nc1ncnn2c(-c3ccc(OC(F)(F)F)c(C(=O)N[C@@H]4CN(C(=O)CC(O)(C(F)(F)F)C(F)(F)F)C[C@@H]4F)c3)cc(C(F)(F)F)c12. The van der Waals surface area contributed by atoms with Crippen LogP contribution in [0.5, 0.6) is 5.75 Å². The highest BCUT2D eigenvalue weighted by atomic mass is 19.4. The molecule has 0 radical (unpaired) electrons. The monoisotopic (exact) mass is 700 g/mol. The van der Waals surface area contributed by atoms with Crippen LogP contribution in [-0.4, -0.2) is 86.0 Å². The Labute approximate surface area is 251 Å². The number of likely N-dealkylation sites (tertiary alicyclic amines) is 1. The Bertz CT molecular complexity index is 1670. The molecule has 1 aliphatic heterocycles. The highest BCUT2D eigenvalue weighted by Gasteiger charge is 2.71. The molecular weight excluding hydrogens is 683 g/mol. The van der Waals surface area contributed by atoms with Crippen molar-refractivity contribution < 1.29 is 76.5 Å². The van der Waals surface area contributed by atoms with E-state index >= 15 is 0 Å². The van der Waals surface area contributed by atoms with E-state index in [9.17, 15) is 71.8 Å². The first-order chi connectivity index (χ1) is 21.3. The number of rotatable bonds is 6. The number of alkyl halides is 13. The molecule has 0 saturated carbocycles. The minimum atomic E-state index is -6.38. The van der Waals surface area contributed by atoms with Crippen molar-refractivity contribution in [2.24, 2.45) is 0 Å². The molecule has 47 heavy (non-hydrogen) atoms. The molecule has 3 heterocycles. The average molecular weight is 700 g/mol. The molecule has 3 aromatic rings. The van der Waals surface area contributed by atoms with Crippen LogP contribution in [0.1, 0.15) is 22.3 Å². The normalized spacial score (nSPS) is 18.1. The number of anilines is 1. The molecule has 2 aromatic heterocycles. The smallest absolute Gasteiger partial charge is 0.405 e. The second-order valence-electron chi connectivity index (χ2n) is 10.0. The standard InChI is InChI=1S/C24H17F13N6O4/c25-12-6-42(16(44)5-20(46,22(29,30)31)23(32,33)34)7-13(12)41-19(45)10-3-9(1-2-15(10)47-24(35,36)37)14-4-11(21(26,27)28)17-18(38)39-8-40-43(14)17/h1-4,8,12-13,46H,5-7H2,(H,41,45)(H2,38,39,40)/t12-,13+/m0/s1. The number of amides is 2. The third kappa shape index (κ3) is 6.93. The van der Waals surface area contributed by atoms with Crippen molar-refractivity contribution in [3.63, 3.8) is 0 Å². The summed E-state index contributed by atoms with van der Waals surface area (Å²) in [5.74, 6) is -5.55. The number of fused-ring (bicyclic) bond motifs is 1. The molecule has 2 amide bonds. The number of carbonyl (C=O) groups is 2. The van der Waals surface area contributed by atoms with Gasteiger partial charge in [-0.15, -0.1) is 13.2 Å². The van der Waals surface area contributed by atoms with Gasteiger partial charge in [0.15, 0.2) is 5.82 Å². The van der Waals surface area contributed by atoms with Crippen LogP contribution in [0.15, 0.2) is 30.6 Å². The second-order valence-corrected chi connectivity index (χ2v) is 10.0. The third-order valence-corrected chi connectivity index (χ3v) is 6.90. The number of nitrogens with one attached hydrogen (secondary N) is 1. The molecule has 0 spiro atoms. The van der Waals surface area contributed by atoms with Gasteiger partial charge < -0.3 is 25.8 Å². The first-order valence-electron chi connectivity index (χ1n) is 12.5. The van der Waals surface area contributed by atoms with Crippen LogP contribution in [-0.2, 0) is 11.0 Å². The number of benzene rings is 1. The van der Waals surface area contributed by atoms with Crippen LogP contribution in [0.25, 0.3) is 16.8 Å². The number of nitrogen functional groups attached to an aromatic ring is 1. The summed E-state index contributed by atoms with van der Waals surface area (Å²) in [6, 6.07) is 0.463. The maximum Gasteiger partial charge on any atom is 0.573 e. The molecule has 258 valence electrons. The number of ether oxygens (including phenoxy) is 1. The number of aromatic nitrogens is 3. The van der Waals surface area contributed by atoms with Crippen molar-refractivity contribution in [2.45, 2.75) is 49.1 Å². The Morgan fingerprint density at radius 1 is 0.979 bits per heavy atom. The van der Waals surface area contributed by atoms with Gasteiger partial charge in [-0.25, -0.2) is 13.9 Å². The van der Waals surface area contributed by atoms with Crippen molar-refractivity contribution in [1.29, 1.82) is 0 Å². The van der Waals surface area contributed by atoms with E-state index in [1.54, 1.807) is 0 Å². The van der Waals surface area contributed by atoms with E-state index in [0.29, 0.717) is 22.7 Å². The largest absolute Gasteiger partial charge is 0.573 e. The van der Waals surface area contributed by atoms with Gasteiger partial charge in [0.1, 0.15) is 23.8 Å². The van der Waals surface area contributed by atoms with E-state index < -0.39 is 113 Å². The van der Waals surface area contributed by atoms with E-state index in [-0.39, 0.29) is 4.90 Å². The van der Waals surface area contributed by atoms with Crippen LogP contribution in [0.4, 0.5) is 62.9 Å². The van der Waals surface area contributed by atoms with Gasteiger partial charge in [0, 0.05) is 12.1 Å². The Kier molecular flexibility index (Phi) is 8.70. The van der Waals surface area contributed by atoms with Crippen LogP contribution < -0.4 is 15.8 Å². The number of halogens is 13. The summed E-state index contributed by atoms with van der Waals surface area (Å²) in [6.07, 6.45) is -27.5. The number of aliphatic hydroxyl groups is 1. The molecule has 0 unspecified atom stereocenters. The average Bonchev–Trinajstić information content (AvgIpc) is 3.48. The Balaban J connectivity index is 1.66. The minimum absolute atomic E-state index is 0.108. The lowest BCUT2D eigenvalue weighted by molar-refractivity contribution is -0.367. The fourth-order valence-electron chi connectivity index (χ4n) is 4.61. The van der Waals surface area contributed by atoms with Crippen LogP contribution in [0, 0.1) is 0 Å². The summed E-state index contributed by atoms with van der Waals surface area (Å²) in [5.41, 5.74) is -4.03. The molecule has 1 fully saturated rings. The van der Waals surface area contributed by atoms with Gasteiger partial charge in [-0.05, 0) is 24.3 Å². The molecular formula is C24H17F13N6O4. The number of nitrogens with zero attached hydrogens (tertiary/aromatic N) is 4. The Morgan fingerprint density at radius 2 is 1.60 bits per heavy atom. The van der Waals surface area contributed by atoms with Crippen LogP contribution in [0.3, 0.4) is 0 Å². The summed E-state index contributed by atoms with van der Waals surface area (Å²) in [5, 5.41) is 14.8. The van der Waals surface area contributed by atoms with Crippen molar-refractivity contribution in [2.75, 3.05) is 18.8 Å². The van der Waals surface area contributed by atoms with Crippen molar-refractivity contribution in [3.8, 4) is 17.0 Å². The van der Waals surface area contributed by atoms with Crippen LogP contribution >= 0.6 is 0 Å². The lowest BCUT2D eigenvalue weighted by Gasteiger charge is -2.32. The second kappa shape index (κ2) is 11.6. The summed E-state index contributed by atoms with van der Waals surface area (Å²) in [6.45, 7) is -2.29. The summed E-state index contributed by atoms with van der Waals surface area (Å²) in [7, 11) is 0. The van der Waals surface area contributed by atoms with E-state index in [1.165, 1.54) is 0 Å². The van der Waals surface area contributed by atoms with Crippen molar-refractivity contribution in [3.05, 3.63) is 41.7 Å². The predicted octanol–water partition coefficient (Wildman–Crippen LogP) is 4.42. The van der Waals surface area contributed by atoms with E-state index in [4.69, 9.17) is 5.73 Å². The highest BCUT2D eigenvalue weighted by Crippen LogP contribution is 2.46. The van der Waals surface area contributed by atoms with Gasteiger partial charge >= 0.3 is 24.9 Å². The zero-order chi connectivity index (χ0) is 35.5. The molecule has 0 aliphatic carbocycles. The molecule has 0 bridgehead atoms. The van der Waals surface area contributed by atoms with Gasteiger partial charge in [-0.3, -0.25) is 9.59 Å². The first kappa shape index (κ1) is 35.3. The number of nitrogens with two attached hydrogens (primary N) is 1. The number of carbonyl (C=O) groups excluding carboxylic acids is 2. The molecule has 2 atom stereocenters. The predicted molar refractivity (Wildman–Crippen MR) is 129 cm³/mol. The minimum Gasteiger partial charge on any atom is -0.405 e. The number of hydrogen-bond acceptors (Lipinski definition) is 7. The summed E-state index contributed by atoms with van der Waals surface area (Å²) < 4.78 is 178. The van der Waals surface area contributed by atoms with Crippen molar-refractivity contribution >= 4 is 23.1 Å². The fourth-order valence-corrected chi connectivity index (χ4v) is 4.61. The van der Waals surface area contributed by atoms with Gasteiger partial charge in [0.2, 0.25) is 5.91 Å². The molecule has 4 N–H and O–H groups in total. The van der Waals surface area contributed by atoms with E-state index in [2.05, 4.69) is 14.8 Å². The molecule has 10 nitrogen and oxygen atoms in total. The maximum atomic E-state index is 14.8. The fraction of sp³-hybridized carbons (Fsp3) is 0.417. The van der Waals surface area contributed by atoms with Gasteiger partial charge in [-0.2, -0.15) is 44.6 Å². The molecule has 23 heteroatoms. The Hall–Kier alpha value is -4.57. The molecule has 1 saturated heterocycles. The highest BCUT2D eigenvalue weighted by molar-refractivity contribution is 5.98. The molecule has 4 rings (SSSR count). The lowest BCUT2D eigenvalue weighted by Crippen LogP contribution is -2.59. The Morgan fingerprint density at radius 3 is 2.15 bits per heavy atom. The van der Waals surface area contributed by atoms with E-state index in [0.717, 1.165) is 12.4 Å². The number of hydrogen-bond donors (Lipinski definition) is 3.